The molecule has 0 radical (unpaired) electrons. The SMILES string of the molecule is COc1cccc(CN[C@H](CO)CC2CCCCC2)c1. The van der Waals surface area contributed by atoms with E-state index in [9.17, 15) is 5.11 Å². The Morgan fingerprint density at radius 3 is 2.80 bits per heavy atom. The molecule has 0 amide bonds. The molecular weight excluding hydrogens is 250 g/mol. The Morgan fingerprint density at radius 1 is 1.30 bits per heavy atom. The van der Waals surface area contributed by atoms with E-state index in [1.807, 2.05) is 18.2 Å². The van der Waals surface area contributed by atoms with Crippen LogP contribution in [0.3, 0.4) is 0 Å². The first-order valence-corrected chi connectivity index (χ1v) is 7.79. The van der Waals surface area contributed by atoms with E-state index in [4.69, 9.17) is 4.74 Å². The van der Waals surface area contributed by atoms with E-state index < -0.39 is 0 Å². The van der Waals surface area contributed by atoms with Gasteiger partial charge in [-0.25, -0.2) is 0 Å². The zero-order valence-corrected chi connectivity index (χ0v) is 12.5. The van der Waals surface area contributed by atoms with Crippen LogP contribution in [0.5, 0.6) is 5.75 Å². The topological polar surface area (TPSA) is 41.5 Å². The van der Waals surface area contributed by atoms with Crippen molar-refractivity contribution in [2.24, 2.45) is 5.92 Å². The van der Waals surface area contributed by atoms with Gasteiger partial charge in [0.15, 0.2) is 0 Å². The number of aliphatic hydroxyl groups is 1. The minimum Gasteiger partial charge on any atom is -0.497 e. The molecule has 0 unspecified atom stereocenters. The van der Waals surface area contributed by atoms with Gasteiger partial charge in [-0.3, -0.25) is 0 Å². The molecule has 1 atom stereocenters. The summed E-state index contributed by atoms with van der Waals surface area (Å²) in [5, 5.41) is 13.0. The van der Waals surface area contributed by atoms with E-state index in [1.54, 1.807) is 7.11 Å². The molecule has 0 spiro atoms. The second-order valence-corrected chi connectivity index (χ2v) is 5.85. The van der Waals surface area contributed by atoms with Gasteiger partial charge in [-0.15, -0.1) is 0 Å². The van der Waals surface area contributed by atoms with E-state index in [0.717, 1.165) is 24.6 Å². The lowest BCUT2D eigenvalue weighted by molar-refractivity contribution is 0.203. The molecule has 2 rings (SSSR count). The summed E-state index contributed by atoms with van der Waals surface area (Å²) in [5.41, 5.74) is 1.20. The minimum atomic E-state index is 0.212. The molecule has 1 fully saturated rings. The van der Waals surface area contributed by atoms with Crippen molar-refractivity contribution in [1.29, 1.82) is 0 Å². The summed E-state index contributed by atoms with van der Waals surface area (Å²) in [5.74, 6) is 1.68. The fourth-order valence-corrected chi connectivity index (χ4v) is 3.09. The molecule has 1 aromatic rings. The number of aliphatic hydroxyl groups excluding tert-OH is 1. The summed E-state index contributed by atoms with van der Waals surface area (Å²) < 4.78 is 5.23. The summed E-state index contributed by atoms with van der Waals surface area (Å²) >= 11 is 0. The average Bonchev–Trinajstić information content (AvgIpc) is 2.52. The second kappa shape index (κ2) is 8.28. The van der Waals surface area contributed by atoms with Crippen molar-refractivity contribution >= 4 is 0 Å². The standard InChI is InChI=1S/C17H27NO2/c1-20-17-9-5-8-15(11-17)12-18-16(13-19)10-14-6-3-2-4-7-14/h5,8-9,11,14,16,18-19H,2-4,6-7,10,12-13H2,1H3/t16-/m0/s1. The maximum atomic E-state index is 9.55. The van der Waals surface area contributed by atoms with Crippen LogP contribution in [-0.2, 0) is 6.54 Å². The quantitative estimate of drug-likeness (QED) is 0.804. The number of hydrogen-bond donors (Lipinski definition) is 2. The van der Waals surface area contributed by atoms with Crippen molar-refractivity contribution in [2.75, 3.05) is 13.7 Å². The molecule has 1 aliphatic carbocycles. The average molecular weight is 277 g/mol. The molecule has 0 aliphatic heterocycles. The smallest absolute Gasteiger partial charge is 0.119 e. The van der Waals surface area contributed by atoms with E-state index in [0.29, 0.717) is 0 Å². The van der Waals surface area contributed by atoms with E-state index in [1.165, 1.54) is 37.7 Å². The number of rotatable bonds is 7. The van der Waals surface area contributed by atoms with Crippen LogP contribution in [0.4, 0.5) is 0 Å². The molecule has 0 bridgehead atoms. The van der Waals surface area contributed by atoms with Crippen molar-refractivity contribution < 1.29 is 9.84 Å². The summed E-state index contributed by atoms with van der Waals surface area (Å²) in [4.78, 5) is 0. The predicted octanol–water partition coefficient (Wildman–Crippen LogP) is 3.12. The molecule has 1 aliphatic rings. The van der Waals surface area contributed by atoms with Crippen molar-refractivity contribution in [1.82, 2.24) is 5.32 Å². The predicted molar refractivity (Wildman–Crippen MR) is 81.9 cm³/mol. The summed E-state index contributed by atoms with van der Waals surface area (Å²) in [6, 6.07) is 8.30. The summed E-state index contributed by atoms with van der Waals surface area (Å²) in [7, 11) is 1.69. The number of benzene rings is 1. The van der Waals surface area contributed by atoms with Crippen molar-refractivity contribution in [3.8, 4) is 5.75 Å². The minimum absolute atomic E-state index is 0.212. The fourth-order valence-electron chi connectivity index (χ4n) is 3.09. The highest BCUT2D eigenvalue weighted by atomic mass is 16.5. The van der Waals surface area contributed by atoms with Crippen LogP contribution in [0, 0.1) is 5.92 Å². The zero-order valence-electron chi connectivity index (χ0n) is 12.5. The number of nitrogens with one attached hydrogen (secondary N) is 1. The van der Waals surface area contributed by atoms with Gasteiger partial charge >= 0.3 is 0 Å². The lowest BCUT2D eigenvalue weighted by Gasteiger charge is -2.26. The first-order valence-electron chi connectivity index (χ1n) is 7.79. The molecule has 0 saturated heterocycles. The van der Waals surface area contributed by atoms with Gasteiger partial charge in [0, 0.05) is 12.6 Å². The van der Waals surface area contributed by atoms with Gasteiger partial charge in [0.25, 0.3) is 0 Å². The summed E-state index contributed by atoms with van der Waals surface area (Å²) in [6.07, 6.45) is 7.87. The van der Waals surface area contributed by atoms with Gasteiger partial charge in [0.1, 0.15) is 5.75 Å². The molecule has 3 nitrogen and oxygen atoms in total. The van der Waals surface area contributed by atoms with Gasteiger partial charge in [-0.2, -0.15) is 0 Å². The van der Waals surface area contributed by atoms with Gasteiger partial charge in [-0.1, -0.05) is 44.2 Å². The Kier molecular flexibility index (Phi) is 6.34. The van der Waals surface area contributed by atoms with Gasteiger partial charge in [0.2, 0.25) is 0 Å². The number of ether oxygens (including phenoxy) is 1. The largest absolute Gasteiger partial charge is 0.497 e. The van der Waals surface area contributed by atoms with Crippen LogP contribution in [-0.4, -0.2) is 24.9 Å². The molecule has 2 N–H and O–H groups in total. The van der Waals surface area contributed by atoms with Crippen molar-refractivity contribution in [3.05, 3.63) is 29.8 Å². The van der Waals surface area contributed by atoms with Gasteiger partial charge in [-0.05, 0) is 30.0 Å². The van der Waals surface area contributed by atoms with E-state index in [2.05, 4.69) is 11.4 Å². The lowest BCUT2D eigenvalue weighted by atomic mass is 9.85. The molecule has 1 aromatic carbocycles. The van der Waals surface area contributed by atoms with Crippen molar-refractivity contribution in [3.63, 3.8) is 0 Å². The van der Waals surface area contributed by atoms with Crippen LogP contribution in [0.15, 0.2) is 24.3 Å². The Balaban J connectivity index is 1.80. The van der Waals surface area contributed by atoms with Crippen LogP contribution in [0.25, 0.3) is 0 Å². The van der Waals surface area contributed by atoms with E-state index >= 15 is 0 Å². The maximum Gasteiger partial charge on any atom is 0.119 e. The maximum absolute atomic E-state index is 9.55. The zero-order chi connectivity index (χ0) is 14.2. The van der Waals surface area contributed by atoms with Crippen molar-refractivity contribution in [2.45, 2.75) is 51.1 Å². The van der Waals surface area contributed by atoms with Crippen LogP contribution in [0.1, 0.15) is 44.1 Å². The Hall–Kier alpha value is -1.06. The van der Waals surface area contributed by atoms with Crippen LogP contribution >= 0.6 is 0 Å². The first kappa shape index (κ1) is 15.3. The highest BCUT2D eigenvalue weighted by Gasteiger charge is 2.18. The number of hydrogen-bond acceptors (Lipinski definition) is 3. The second-order valence-electron chi connectivity index (χ2n) is 5.85. The third-order valence-electron chi connectivity index (χ3n) is 4.29. The van der Waals surface area contributed by atoms with Crippen LogP contribution < -0.4 is 10.1 Å². The Bertz CT molecular complexity index is 388. The third-order valence-corrected chi connectivity index (χ3v) is 4.29. The number of methoxy groups -OCH3 is 1. The monoisotopic (exact) mass is 277 g/mol. The molecular formula is C17H27NO2. The normalized spacial score (nSPS) is 17.9. The molecule has 0 heterocycles. The van der Waals surface area contributed by atoms with Gasteiger partial charge < -0.3 is 15.2 Å². The molecule has 112 valence electrons. The fraction of sp³-hybridized carbons (Fsp3) is 0.647. The Morgan fingerprint density at radius 2 is 2.10 bits per heavy atom. The lowest BCUT2D eigenvalue weighted by Crippen LogP contribution is -2.34. The van der Waals surface area contributed by atoms with E-state index in [-0.39, 0.29) is 12.6 Å². The van der Waals surface area contributed by atoms with Gasteiger partial charge in [0.05, 0.1) is 13.7 Å². The Labute approximate surface area is 122 Å². The first-order chi connectivity index (χ1) is 9.81. The highest BCUT2D eigenvalue weighted by Crippen LogP contribution is 2.27. The van der Waals surface area contributed by atoms with Crippen LogP contribution in [0.2, 0.25) is 0 Å². The molecule has 0 aromatic heterocycles. The molecule has 3 heteroatoms. The summed E-state index contributed by atoms with van der Waals surface area (Å²) in [6.45, 7) is 1.01. The molecule has 1 saturated carbocycles. The highest BCUT2D eigenvalue weighted by molar-refractivity contribution is 5.28. The molecule has 20 heavy (non-hydrogen) atoms. The third kappa shape index (κ3) is 4.80.